The third-order valence-electron chi connectivity index (χ3n) is 3.86. The van der Waals surface area contributed by atoms with Gasteiger partial charge in [-0.1, -0.05) is 43.7 Å². The molecular weight excluding hydrogens is 254 g/mol. The Labute approximate surface area is 117 Å². The lowest BCUT2D eigenvalue weighted by Gasteiger charge is -2.26. The van der Waals surface area contributed by atoms with Crippen LogP contribution in [0.3, 0.4) is 0 Å². The highest BCUT2D eigenvalue weighted by molar-refractivity contribution is 7.22. The van der Waals surface area contributed by atoms with Gasteiger partial charge in [-0.2, -0.15) is 5.10 Å². The van der Waals surface area contributed by atoms with Gasteiger partial charge in [0.1, 0.15) is 0 Å². The van der Waals surface area contributed by atoms with Crippen molar-refractivity contribution in [3.05, 3.63) is 24.3 Å². The molecule has 0 spiro atoms. The number of anilines is 1. The summed E-state index contributed by atoms with van der Waals surface area (Å²) in [4.78, 5) is 4.55. The Hall–Kier alpha value is -1.42. The van der Waals surface area contributed by atoms with Gasteiger partial charge >= 0.3 is 0 Å². The summed E-state index contributed by atoms with van der Waals surface area (Å²) in [6.45, 7) is 4.54. The van der Waals surface area contributed by atoms with Gasteiger partial charge in [0.2, 0.25) is 5.13 Å². The average Bonchev–Trinajstić information content (AvgIpc) is 2.81. The SMILES string of the molecule is C[C@H]1CCC[C@H](C)C1=NNc1nc2ccccc2s1. The number of nitrogens with zero attached hydrogens (tertiary/aromatic N) is 2. The molecule has 0 amide bonds. The largest absolute Gasteiger partial charge is 0.253 e. The number of nitrogens with one attached hydrogen (secondary N) is 1. The summed E-state index contributed by atoms with van der Waals surface area (Å²) in [6.07, 6.45) is 3.83. The highest BCUT2D eigenvalue weighted by atomic mass is 32.1. The van der Waals surface area contributed by atoms with E-state index in [1.165, 1.54) is 29.7 Å². The van der Waals surface area contributed by atoms with Crippen LogP contribution >= 0.6 is 11.3 Å². The van der Waals surface area contributed by atoms with Gasteiger partial charge in [-0.3, -0.25) is 5.43 Å². The molecule has 1 aliphatic rings. The summed E-state index contributed by atoms with van der Waals surface area (Å²) < 4.78 is 1.20. The summed E-state index contributed by atoms with van der Waals surface area (Å²) in [5, 5.41) is 5.51. The Morgan fingerprint density at radius 2 is 1.95 bits per heavy atom. The van der Waals surface area contributed by atoms with Crippen molar-refractivity contribution in [1.29, 1.82) is 0 Å². The quantitative estimate of drug-likeness (QED) is 0.817. The van der Waals surface area contributed by atoms with Gasteiger partial charge in [-0.05, 0) is 36.8 Å². The van der Waals surface area contributed by atoms with Crippen molar-refractivity contribution in [3.63, 3.8) is 0 Å². The van der Waals surface area contributed by atoms with Gasteiger partial charge < -0.3 is 0 Å². The van der Waals surface area contributed by atoms with Gasteiger partial charge in [0.15, 0.2) is 0 Å². The lowest BCUT2D eigenvalue weighted by molar-refractivity contribution is 0.486. The first kappa shape index (κ1) is 12.6. The van der Waals surface area contributed by atoms with Gasteiger partial charge in [-0.15, -0.1) is 0 Å². The Bertz CT molecular complexity index is 557. The van der Waals surface area contributed by atoms with Crippen LogP contribution in [-0.4, -0.2) is 10.7 Å². The summed E-state index contributed by atoms with van der Waals surface area (Å²) in [5.41, 5.74) is 5.50. The number of thiazole rings is 1. The number of hydrazone groups is 1. The van der Waals surface area contributed by atoms with E-state index in [9.17, 15) is 0 Å². The second kappa shape index (κ2) is 5.29. The predicted octanol–water partition coefficient (Wildman–Crippen LogP) is 4.52. The molecule has 1 aliphatic carbocycles. The number of rotatable bonds is 2. The molecule has 4 heteroatoms. The molecule has 1 N–H and O–H groups in total. The molecular formula is C15H19N3S. The number of hydrogen-bond acceptors (Lipinski definition) is 4. The Morgan fingerprint density at radius 1 is 1.21 bits per heavy atom. The van der Waals surface area contributed by atoms with Crippen molar-refractivity contribution >= 4 is 32.4 Å². The second-order valence-electron chi connectivity index (χ2n) is 5.37. The fourth-order valence-electron chi connectivity index (χ4n) is 2.76. The Kier molecular flexibility index (Phi) is 3.51. The first-order chi connectivity index (χ1) is 9.24. The molecule has 0 unspecified atom stereocenters. The molecule has 1 aromatic heterocycles. The van der Waals surface area contributed by atoms with Crippen molar-refractivity contribution in [3.8, 4) is 0 Å². The van der Waals surface area contributed by atoms with Crippen molar-refractivity contribution in [1.82, 2.24) is 4.98 Å². The van der Waals surface area contributed by atoms with Crippen LogP contribution in [0, 0.1) is 11.8 Å². The lowest BCUT2D eigenvalue weighted by atomic mass is 9.81. The van der Waals surface area contributed by atoms with E-state index in [0.717, 1.165) is 10.6 Å². The van der Waals surface area contributed by atoms with Crippen molar-refractivity contribution in [2.45, 2.75) is 33.1 Å². The highest BCUT2D eigenvalue weighted by Gasteiger charge is 2.22. The van der Waals surface area contributed by atoms with Crippen LogP contribution in [0.15, 0.2) is 29.4 Å². The zero-order valence-electron chi connectivity index (χ0n) is 11.4. The van der Waals surface area contributed by atoms with Crippen LogP contribution in [0.5, 0.6) is 0 Å². The maximum Gasteiger partial charge on any atom is 0.204 e. The van der Waals surface area contributed by atoms with E-state index in [-0.39, 0.29) is 0 Å². The third kappa shape index (κ3) is 2.63. The first-order valence-corrected chi connectivity index (χ1v) is 7.75. The molecule has 2 aromatic rings. The molecule has 100 valence electrons. The van der Waals surface area contributed by atoms with Crippen LogP contribution in [0.25, 0.3) is 10.2 Å². The molecule has 0 radical (unpaired) electrons. The second-order valence-corrected chi connectivity index (χ2v) is 6.40. The molecule has 19 heavy (non-hydrogen) atoms. The summed E-state index contributed by atoms with van der Waals surface area (Å²) >= 11 is 1.66. The van der Waals surface area contributed by atoms with Gasteiger partial charge in [0.05, 0.1) is 10.2 Å². The smallest absolute Gasteiger partial charge is 0.204 e. The van der Waals surface area contributed by atoms with E-state index in [0.29, 0.717) is 11.8 Å². The molecule has 1 saturated carbocycles. The number of para-hydroxylation sites is 1. The van der Waals surface area contributed by atoms with E-state index in [4.69, 9.17) is 0 Å². The molecule has 3 nitrogen and oxygen atoms in total. The maximum atomic E-state index is 4.63. The topological polar surface area (TPSA) is 37.3 Å². The average molecular weight is 273 g/mol. The maximum absolute atomic E-state index is 4.63. The van der Waals surface area contributed by atoms with E-state index < -0.39 is 0 Å². The summed E-state index contributed by atoms with van der Waals surface area (Å²) in [5.74, 6) is 1.18. The first-order valence-electron chi connectivity index (χ1n) is 6.93. The molecule has 1 aromatic carbocycles. The number of hydrogen-bond donors (Lipinski definition) is 1. The van der Waals surface area contributed by atoms with E-state index >= 15 is 0 Å². The predicted molar refractivity (Wildman–Crippen MR) is 82.9 cm³/mol. The molecule has 0 aliphatic heterocycles. The standard InChI is InChI=1S/C15H19N3S/c1-10-6-5-7-11(2)14(10)17-18-15-16-12-8-3-4-9-13(12)19-15/h3-4,8-11H,5-7H2,1-2H3,(H,16,18)/t10-,11-/m0/s1. The lowest BCUT2D eigenvalue weighted by Crippen LogP contribution is -2.25. The molecule has 1 heterocycles. The number of aromatic nitrogens is 1. The van der Waals surface area contributed by atoms with E-state index in [2.05, 4.69) is 35.4 Å². The van der Waals surface area contributed by atoms with E-state index in [1.54, 1.807) is 11.3 Å². The zero-order chi connectivity index (χ0) is 13.2. The van der Waals surface area contributed by atoms with Crippen molar-refractivity contribution in [2.24, 2.45) is 16.9 Å². The van der Waals surface area contributed by atoms with Crippen LogP contribution < -0.4 is 5.43 Å². The highest BCUT2D eigenvalue weighted by Crippen LogP contribution is 2.28. The Morgan fingerprint density at radius 3 is 2.68 bits per heavy atom. The van der Waals surface area contributed by atoms with Crippen LogP contribution in [0.2, 0.25) is 0 Å². The minimum Gasteiger partial charge on any atom is -0.253 e. The molecule has 0 saturated heterocycles. The monoisotopic (exact) mass is 273 g/mol. The van der Waals surface area contributed by atoms with Gasteiger partial charge in [0, 0.05) is 5.71 Å². The molecule has 2 atom stereocenters. The Balaban J connectivity index is 1.80. The van der Waals surface area contributed by atoms with E-state index in [1.807, 2.05) is 18.2 Å². The summed E-state index contributed by atoms with van der Waals surface area (Å²) in [6, 6.07) is 8.19. The number of benzene rings is 1. The normalized spacial score (nSPS) is 23.6. The van der Waals surface area contributed by atoms with Crippen molar-refractivity contribution < 1.29 is 0 Å². The minimum atomic E-state index is 0.589. The molecule has 3 rings (SSSR count). The zero-order valence-corrected chi connectivity index (χ0v) is 12.2. The minimum absolute atomic E-state index is 0.589. The van der Waals surface area contributed by atoms with Gasteiger partial charge in [0.25, 0.3) is 0 Å². The number of fused-ring (bicyclic) bond motifs is 1. The van der Waals surface area contributed by atoms with Crippen LogP contribution in [0.4, 0.5) is 5.13 Å². The molecule has 0 bridgehead atoms. The third-order valence-corrected chi connectivity index (χ3v) is 4.80. The summed E-state index contributed by atoms with van der Waals surface area (Å²) in [7, 11) is 0. The fraction of sp³-hybridized carbons (Fsp3) is 0.467. The molecule has 1 fully saturated rings. The van der Waals surface area contributed by atoms with Crippen LogP contribution in [0.1, 0.15) is 33.1 Å². The van der Waals surface area contributed by atoms with Crippen LogP contribution in [-0.2, 0) is 0 Å². The fourth-order valence-corrected chi connectivity index (χ4v) is 3.57. The van der Waals surface area contributed by atoms with Crippen molar-refractivity contribution in [2.75, 3.05) is 5.43 Å². The van der Waals surface area contributed by atoms with Gasteiger partial charge in [-0.25, -0.2) is 4.98 Å².